The van der Waals surface area contributed by atoms with Gasteiger partial charge in [-0.2, -0.15) is 0 Å². The lowest BCUT2D eigenvalue weighted by Crippen LogP contribution is -2.41. The summed E-state index contributed by atoms with van der Waals surface area (Å²) in [5.41, 5.74) is 0.610. The lowest BCUT2D eigenvalue weighted by atomic mass is 10.2. The maximum atomic E-state index is 12.5. The second kappa shape index (κ2) is 8.55. The Morgan fingerprint density at radius 3 is 2.83 bits per heavy atom. The van der Waals surface area contributed by atoms with Crippen molar-refractivity contribution in [3.8, 4) is 5.75 Å². The number of hydrogen-bond acceptors (Lipinski definition) is 4. The van der Waals surface area contributed by atoms with Crippen LogP contribution >= 0.6 is 11.6 Å². The number of carbonyl (C=O) groups is 1. The number of benzene rings is 1. The second-order valence-corrected chi connectivity index (χ2v) is 6.67. The second-order valence-electron chi connectivity index (χ2n) is 6.27. The van der Waals surface area contributed by atoms with Gasteiger partial charge in [0.2, 0.25) is 0 Å². The van der Waals surface area contributed by atoms with Crippen LogP contribution < -0.4 is 10.1 Å². The molecule has 0 saturated carbocycles. The number of nitrogens with zero attached hydrogens (tertiary/aromatic N) is 2. The van der Waals surface area contributed by atoms with E-state index >= 15 is 0 Å². The number of ether oxygens (including phenoxy) is 1. The smallest absolute Gasteiger partial charge is 0.322 e. The van der Waals surface area contributed by atoms with Gasteiger partial charge in [0.25, 0.3) is 0 Å². The fourth-order valence-electron chi connectivity index (χ4n) is 2.79. The van der Waals surface area contributed by atoms with Crippen LogP contribution in [0.25, 0.3) is 0 Å². The van der Waals surface area contributed by atoms with E-state index in [4.69, 9.17) is 16.3 Å². The van der Waals surface area contributed by atoms with Crippen molar-refractivity contribution in [2.45, 2.75) is 31.8 Å². The van der Waals surface area contributed by atoms with Gasteiger partial charge in [0, 0.05) is 18.3 Å². The SMILES string of the molecule is CCCOc1ccc(NC(=O)N2C[C@H](N(C)C)C[C@H]2CO)cc1Cl. The Morgan fingerprint density at radius 2 is 2.25 bits per heavy atom. The Labute approximate surface area is 148 Å². The molecule has 6 nitrogen and oxygen atoms in total. The highest BCUT2D eigenvalue weighted by atomic mass is 35.5. The van der Waals surface area contributed by atoms with Gasteiger partial charge in [0.15, 0.2) is 0 Å². The van der Waals surface area contributed by atoms with Gasteiger partial charge in [-0.05, 0) is 45.1 Å². The molecule has 1 saturated heterocycles. The van der Waals surface area contributed by atoms with E-state index in [-0.39, 0.29) is 24.7 Å². The zero-order valence-electron chi connectivity index (χ0n) is 14.5. The first-order valence-corrected chi connectivity index (χ1v) is 8.61. The quantitative estimate of drug-likeness (QED) is 0.823. The number of aliphatic hydroxyl groups excluding tert-OH is 1. The van der Waals surface area contributed by atoms with E-state index in [9.17, 15) is 9.90 Å². The van der Waals surface area contributed by atoms with E-state index in [1.54, 1.807) is 23.1 Å². The van der Waals surface area contributed by atoms with Crippen LogP contribution in [0.4, 0.5) is 10.5 Å². The summed E-state index contributed by atoms with van der Waals surface area (Å²) in [6, 6.07) is 5.06. The fraction of sp³-hybridized carbons (Fsp3) is 0.588. The maximum absolute atomic E-state index is 12.5. The molecule has 1 aliphatic rings. The largest absolute Gasteiger partial charge is 0.492 e. The van der Waals surface area contributed by atoms with E-state index < -0.39 is 0 Å². The Kier molecular flexibility index (Phi) is 6.71. The van der Waals surface area contributed by atoms with Gasteiger partial charge < -0.3 is 25.0 Å². The predicted octanol–water partition coefficient (Wildman–Crippen LogP) is 2.66. The van der Waals surface area contributed by atoms with Crippen LogP contribution in [0.5, 0.6) is 5.75 Å². The fourth-order valence-corrected chi connectivity index (χ4v) is 3.03. The summed E-state index contributed by atoms with van der Waals surface area (Å²) in [4.78, 5) is 16.3. The average Bonchev–Trinajstić information content (AvgIpc) is 2.99. The number of anilines is 1. The summed E-state index contributed by atoms with van der Waals surface area (Å²) >= 11 is 6.19. The lowest BCUT2D eigenvalue weighted by molar-refractivity contribution is 0.166. The highest BCUT2D eigenvalue weighted by molar-refractivity contribution is 6.32. The third-order valence-corrected chi connectivity index (χ3v) is 4.53. The van der Waals surface area contributed by atoms with Gasteiger partial charge in [-0.15, -0.1) is 0 Å². The minimum atomic E-state index is -0.225. The number of urea groups is 1. The Morgan fingerprint density at radius 1 is 1.50 bits per heavy atom. The number of likely N-dealkylation sites (N-methyl/N-ethyl adjacent to an activating group) is 1. The van der Waals surface area contributed by atoms with Crippen LogP contribution in [0, 0.1) is 0 Å². The molecule has 1 aliphatic heterocycles. The number of hydrogen-bond donors (Lipinski definition) is 2. The number of nitrogens with one attached hydrogen (secondary N) is 1. The molecule has 2 atom stereocenters. The van der Waals surface area contributed by atoms with Crippen LogP contribution in [0.1, 0.15) is 19.8 Å². The number of amides is 2. The van der Waals surface area contributed by atoms with Crippen molar-refractivity contribution >= 4 is 23.3 Å². The topological polar surface area (TPSA) is 65.0 Å². The average molecular weight is 356 g/mol. The third kappa shape index (κ3) is 4.53. The molecule has 1 heterocycles. The van der Waals surface area contributed by atoms with Crippen molar-refractivity contribution in [3.05, 3.63) is 23.2 Å². The maximum Gasteiger partial charge on any atom is 0.322 e. The summed E-state index contributed by atoms with van der Waals surface area (Å²) in [5.74, 6) is 0.610. The summed E-state index contributed by atoms with van der Waals surface area (Å²) in [6.07, 6.45) is 1.67. The van der Waals surface area contributed by atoms with E-state index in [0.29, 0.717) is 29.6 Å². The Hall–Kier alpha value is -1.50. The van der Waals surface area contributed by atoms with Crippen molar-refractivity contribution in [1.29, 1.82) is 0 Å². The van der Waals surface area contributed by atoms with E-state index in [0.717, 1.165) is 12.8 Å². The molecule has 7 heteroatoms. The zero-order valence-corrected chi connectivity index (χ0v) is 15.2. The highest BCUT2D eigenvalue weighted by Gasteiger charge is 2.35. The summed E-state index contributed by atoms with van der Waals surface area (Å²) in [6.45, 7) is 3.18. The molecule has 1 fully saturated rings. The highest BCUT2D eigenvalue weighted by Crippen LogP contribution is 2.28. The first-order valence-electron chi connectivity index (χ1n) is 8.23. The van der Waals surface area contributed by atoms with Crippen LogP contribution in [-0.4, -0.2) is 66.9 Å². The molecule has 2 amide bonds. The van der Waals surface area contributed by atoms with Gasteiger partial charge in [0.05, 0.1) is 24.3 Å². The molecule has 2 rings (SSSR count). The van der Waals surface area contributed by atoms with Gasteiger partial charge in [-0.3, -0.25) is 0 Å². The first-order chi connectivity index (χ1) is 11.5. The van der Waals surface area contributed by atoms with Gasteiger partial charge in [-0.1, -0.05) is 18.5 Å². The lowest BCUT2D eigenvalue weighted by Gasteiger charge is -2.24. The number of likely N-dealkylation sites (tertiary alicyclic amines) is 1. The predicted molar refractivity (Wildman–Crippen MR) is 95.9 cm³/mol. The van der Waals surface area contributed by atoms with Crippen LogP contribution in [-0.2, 0) is 0 Å². The molecule has 0 spiro atoms. The van der Waals surface area contributed by atoms with Gasteiger partial charge in [-0.25, -0.2) is 4.79 Å². The molecule has 0 aliphatic carbocycles. The van der Waals surface area contributed by atoms with Crippen molar-refractivity contribution in [1.82, 2.24) is 9.80 Å². The zero-order chi connectivity index (χ0) is 17.7. The normalized spacial score (nSPS) is 20.5. The molecule has 1 aromatic rings. The van der Waals surface area contributed by atoms with Crippen molar-refractivity contribution in [2.24, 2.45) is 0 Å². The van der Waals surface area contributed by atoms with Crippen LogP contribution in [0.2, 0.25) is 5.02 Å². The number of halogens is 1. The first kappa shape index (κ1) is 18.8. The van der Waals surface area contributed by atoms with Crippen molar-refractivity contribution < 1.29 is 14.6 Å². The molecule has 134 valence electrons. The molecule has 1 aromatic carbocycles. The molecule has 0 unspecified atom stereocenters. The van der Waals surface area contributed by atoms with Crippen LogP contribution in [0.3, 0.4) is 0 Å². The Balaban J connectivity index is 2.02. The molecule has 0 radical (unpaired) electrons. The number of carbonyl (C=O) groups excluding carboxylic acids is 1. The molecule has 2 N–H and O–H groups in total. The minimum absolute atomic E-state index is 0.0394. The summed E-state index contributed by atoms with van der Waals surface area (Å²) in [7, 11) is 3.96. The third-order valence-electron chi connectivity index (χ3n) is 4.24. The van der Waals surface area contributed by atoms with Crippen LogP contribution in [0.15, 0.2) is 18.2 Å². The monoisotopic (exact) mass is 355 g/mol. The molecular weight excluding hydrogens is 330 g/mol. The van der Waals surface area contributed by atoms with Crippen molar-refractivity contribution in [3.63, 3.8) is 0 Å². The van der Waals surface area contributed by atoms with Gasteiger partial charge in [0.1, 0.15) is 5.75 Å². The summed E-state index contributed by atoms with van der Waals surface area (Å²) < 4.78 is 5.53. The number of rotatable bonds is 6. The van der Waals surface area contributed by atoms with Crippen molar-refractivity contribution in [2.75, 3.05) is 39.2 Å². The molecule has 0 bridgehead atoms. The van der Waals surface area contributed by atoms with E-state index in [1.807, 2.05) is 21.0 Å². The molecule has 0 aromatic heterocycles. The standard InChI is InChI=1S/C17H26ClN3O3/c1-4-7-24-16-6-5-12(8-15(16)18)19-17(23)21-10-13(20(2)3)9-14(21)11-22/h5-6,8,13-14,22H,4,7,9-11H2,1-3H3,(H,19,23)/t13-,14+/m1/s1. The van der Waals surface area contributed by atoms with Gasteiger partial charge >= 0.3 is 6.03 Å². The Bertz CT molecular complexity index is 568. The number of aliphatic hydroxyl groups is 1. The van der Waals surface area contributed by atoms with E-state index in [2.05, 4.69) is 10.2 Å². The minimum Gasteiger partial charge on any atom is -0.492 e. The van der Waals surface area contributed by atoms with E-state index in [1.165, 1.54) is 0 Å². The molecule has 24 heavy (non-hydrogen) atoms. The summed E-state index contributed by atoms with van der Waals surface area (Å²) in [5, 5.41) is 12.9. The molecular formula is C17H26ClN3O3.